The molecule has 0 aromatic heterocycles. The lowest BCUT2D eigenvalue weighted by molar-refractivity contribution is -0.135. The minimum Gasteiger partial charge on any atom is -0.344 e. The third-order valence-corrected chi connectivity index (χ3v) is 4.91. The number of nitrogens with zero attached hydrogens (tertiary/aromatic N) is 1. The summed E-state index contributed by atoms with van der Waals surface area (Å²) in [5, 5.41) is 2.96. The van der Waals surface area contributed by atoms with Crippen molar-refractivity contribution in [3.05, 3.63) is 35.9 Å². The molecular formula is C18H26N2O2S. The fourth-order valence-corrected chi connectivity index (χ4v) is 3.40. The fourth-order valence-electron chi connectivity index (χ4n) is 2.78. The zero-order valence-electron chi connectivity index (χ0n) is 13.8. The largest absolute Gasteiger partial charge is 0.344 e. The summed E-state index contributed by atoms with van der Waals surface area (Å²) in [6.45, 7) is 3.70. The number of amides is 2. The van der Waals surface area contributed by atoms with Crippen LogP contribution in [0.3, 0.4) is 0 Å². The molecule has 5 heteroatoms. The van der Waals surface area contributed by atoms with E-state index in [1.807, 2.05) is 35.2 Å². The first-order chi connectivity index (χ1) is 11.2. The average Bonchev–Trinajstić information content (AvgIpc) is 3.09. The molecule has 0 spiro atoms. The Hall–Kier alpha value is -1.49. The van der Waals surface area contributed by atoms with Gasteiger partial charge >= 0.3 is 0 Å². The monoisotopic (exact) mass is 334 g/mol. The Morgan fingerprint density at radius 3 is 2.57 bits per heavy atom. The van der Waals surface area contributed by atoms with Gasteiger partial charge in [0.1, 0.15) is 6.04 Å². The average molecular weight is 334 g/mol. The van der Waals surface area contributed by atoms with Crippen LogP contribution in [0.4, 0.5) is 0 Å². The SMILES string of the molecule is CCSCCC(=O)N[C@H](Cc1ccccc1)C(=O)N1CCCC1. The Bertz CT molecular complexity index is 501. The third-order valence-electron chi connectivity index (χ3n) is 4.01. The van der Waals surface area contributed by atoms with Gasteiger partial charge in [0, 0.05) is 31.7 Å². The van der Waals surface area contributed by atoms with Crippen LogP contribution in [0.2, 0.25) is 0 Å². The molecule has 0 bridgehead atoms. The first-order valence-corrected chi connectivity index (χ1v) is 9.56. The summed E-state index contributed by atoms with van der Waals surface area (Å²) >= 11 is 1.75. The van der Waals surface area contributed by atoms with Gasteiger partial charge in [0.15, 0.2) is 0 Å². The normalized spacial score (nSPS) is 15.4. The molecule has 0 unspecified atom stereocenters. The topological polar surface area (TPSA) is 49.4 Å². The zero-order chi connectivity index (χ0) is 16.5. The van der Waals surface area contributed by atoms with Crippen LogP contribution < -0.4 is 5.32 Å². The lowest BCUT2D eigenvalue weighted by Gasteiger charge is -2.24. The van der Waals surface area contributed by atoms with E-state index >= 15 is 0 Å². The Morgan fingerprint density at radius 2 is 1.91 bits per heavy atom. The molecule has 1 aromatic rings. The Morgan fingerprint density at radius 1 is 1.22 bits per heavy atom. The van der Waals surface area contributed by atoms with Gasteiger partial charge in [-0.1, -0.05) is 37.3 Å². The molecule has 126 valence electrons. The van der Waals surface area contributed by atoms with Crippen molar-refractivity contribution in [2.75, 3.05) is 24.6 Å². The van der Waals surface area contributed by atoms with Crippen LogP contribution in [0.1, 0.15) is 31.7 Å². The number of carbonyl (C=O) groups is 2. The van der Waals surface area contributed by atoms with Crippen LogP contribution in [0.15, 0.2) is 30.3 Å². The fraction of sp³-hybridized carbons (Fsp3) is 0.556. The van der Waals surface area contributed by atoms with Gasteiger partial charge in [-0.3, -0.25) is 9.59 Å². The van der Waals surface area contributed by atoms with E-state index in [9.17, 15) is 9.59 Å². The van der Waals surface area contributed by atoms with Crippen LogP contribution in [0.5, 0.6) is 0 Å². The predicted octanol–water partition coefficient (Wildman–Crippen LogP) is 2.48. The number of nitrogens with one attached hydrogen (secondary N) is 1. The molecule has 1 aliphatic rings. The molecule has 1 saturated heterocycles. The van der Waals surface area contributed by atoms with Crippen LogP contribution in [0.25, 0.3) is 0 Å². The molecule has 0 radical (unpaired) electrons. The Balaban J connectivity index is 1.98. The second kappa shape index (κ2) is 9.60. The molecule has 4 nitrogen and oxygen atoms in total. The van der Waals surface area contributed by atoms with Crippen molar-refractivity contribution in [1.82, 2.24) is 10.2 Å². The summed E-state index contributed by atoms with van der Waals surface area (Å²) in [5.74, 6) is 1.84. The molecule has 2 rings (SSSR count). The van der Waals surface area contributed by atoms with Gasteiger partial charge in [0.2, 0.25) is 11.8 Å². The molecule has 1 atom stereocenters. The van der Waals surface area contributed by atoms with Gasteiger partial charge < -0.3 is 10.2 Å². The molecule has 1 heterocycles. The number of hydrogen-bond acceptors (Lipinski definition) is 3. The number of carbonyl (C=O) groups excluding carboxylic acids is 2. The first kappa shape index (κ1) is 17.9. The zero-order valence-corrected chi connectivity index (χ0v) is 14.6. The Labute approximate surface area is 143 Å². The minimum atomic E-state index is -0.449. The molecular weight excluding hydrogens is 308 g/mol. The number of benzene rings is 1. The van der Waals surface area contributed by atoms with E-state index in [0.717, 1.165) is 43.0 Å². The summed E-state index contributed by atoms with van der Waals surface area (Å²) in [4.78, 5) is 26.7. The number of thioether (sulfide) groups is 1. The van der Waals surface area contributed by atoms with E-state index in [1.54, 1.807) is 11.8 Å². The van der Waals surface area contributed by atoms with Crippen LogP contribution >= 0.6 is 11.8 Å². The second-order valence-electron chi connectivity index (χ2n) is 5.79. The highest BCUT2D eigenvalue weighted by Gasteiger charge is 2.27. The van der Waals surface area contributed by atoms with Crippen molar-refractivity contribution in [3.63, 3.8) is 0 Å². The standard InChI is InChI=1S/C18H26N2O2S/c1-2-23-13-10-17(21)19-16(14-15-8-4-3-5-9-15)18(22)20-11-6-7-12-20/h3-5,8-9,16H,2,6-7,10-14H2,1H3,(H,19,21)/t16-/m1/s1. The molecule has 1 fully saturated rings. The number of rotatable bonds is 8. The van der Waals surface area contributed by atoms with Crippen molar-refractivity contribution in [3.8, 4) is 0 Å². The van der Waals surface area contributed by atoms with E-state index in [2.05, 4.69) is 12.2 Å². The smallest absolute Gasteiger partial charge is 0.245 e. The predicted molar refractivity (Wildman–Crippen MR) is 95.5 cm³/mol. The van der Waals surface area contributed by atoms with E-state index in [0.29, 0.717) is 12.8 Å². The highest BCUT2D eigenvalue weighted by atomic mass is 32.2. The summed E-state index contributed by atoms with van der Waals surface area (Å²) in [6, 6.07) is 9.45. The van der Waals surface area contributed by atoms with Gasteiger partial charge in [-0.15, -0.1) is 0 Å². The lowest BCUT2D eigenvalue weighted by Crippen LogP contribution is -2.49. The van der Waals surface area contributed by atoms with Crippen LogP contribution in [-0.2, 0) is 16.0 Å². The minimum absolute atomic E-state index is 0.0283. The molecule has 1 aliphatic heterocycles. The van der Waals surface area contributed by atoms with E-state index in [1.165, 1.54) is 0 Å². The van der Waals surface area contributed by atoms with E-state index in [4.69, 9.17) is 0 Å². The third kappa shape index (κ3) is 5.90. The van der Waals surface area contributed by atoms with Crippen molar-refractivity contribution in [1.29, 1.82) is 0 Å². The summed E-state index contributed by atoms with van der Waals surface area (Å²) in [7, 11) is 0. The van der Waals surface area contributed by atoms with Crippen molar-refractivity contribution < 1.29 is 9.59 Å². The number of hydrogen-bond donors (Lipinski definition) is 1. The van der Waals surface area contributed by atoms with E-state index < -0.39 is 6.04 Å². The highest BCUT2D eigenvalue weighted by Crippen LogP contribution is 2.12. The Kier molecular flexibility index (Phi) is 7.46. The summed E-state index contributed by atoms with van der Waals surface area (Å²) < 4.78 is 0. The molecule has 2 amide bonds. The maximum absolute atomic E-state index is 12.7. The molecule has 0 aliphatic carbocycles. The molecule has 0 saturated carbocycles. The first-order valence-electron chi connectivity index (χ1n) is 8.40. The van der Waals surface area contributed by atoms with Crippen LogP contribution in [0, 0.1) is 0 Å². The van der Waals surface area contributed by atoms with Gasteiger partial charge in [-0.25, -0.2) is 0 Å². The van der Waals surface area contributed by atoms with Gasteiger partial charge in [0.05, 0.1) is 0 Å². The lowest BCUT2D eigenvalue weighted by atomic mass is 10.0. The molecule has 23 heavy (non-hydrogen) atoms. The van der Waals surface area contributed by atoms with Gasteiger partial charge in [-0.2, -0.15) is 11.8 Å². The summed E-state index contributed by atoms with van der Waals surface area (Å²) in [6.07, 6.45) is 3.15. The number of likely N-dealkylation sites (tertiary alicyclic amines) is 1. The van der Waals surface area contributed by atoms with E-state index in [-0.39, 0.29) is 11.8 Å². The van der Waals surface area contributed by atoms with Crippen molar-refractivity contribution in [2.24, 2.45) is 0 Å². The van der Waals surface area contributed by atoms with Gasteiger partial charge in [-0.05, 0) is 24.2 Å². The molecule has 1 aromatic carbocycles. The van der Waals surface area contributed by atoms with Crippen molar-refractivity contribution >= 4 is 23.6 Å². The van der Waals surface area contributed by atoms with Crippen molar-refractivity contribution in [2.45, 2.75) is 38.6 Å². The maximum Gasteiger partial charge on any atom is 0.245 e. The highest BCUT2D eigenvalue weighted by molar-refractivity contribution is 7.99. The summed E-state index contributed by atoms with van der Waals surface area (Å²) in [5.41, 5.74) is 1.08. The molecule has 1 N–H and O–H groups in total. The van der Waals surface area contributed by atoms with Crippen LogP contribution in [-0.4, -0.2) is 47.4 Å². The quantitative estimate of drug-likeness (QED) is 0.743. The maximum atomic E-state index is 12.7. The van der Waals surface area contributed by atoms with Gasteiger partial charge in [0.25, 0.3) is 0 Å². The second-order valence-corrected chi connectivity index (χ2v) is 7.18.